The molecule has 0 unspecified atom stereocenters. The molecule has 0 heterocycles. The largest absolute Gasteiger partial charge is 0.451 e. The number of ether oxygens (including phenoxy) is 1. The summed E-state index contributed by atoms with van der Waals surface area (Å²) in [4.78, 5) is 13.0. The van der Waals surface area contributed by atoms with E-state index in [9.17, 15) is 9.18 Å². The van der Waals surface area contributed by atoms with Crippen molar-refractivity contribution in [2.24, 2.45) is 0 Å². The molecular weight excluding hydrogens is 289 g/mol. The fourth-order valence-electron chi connectivity index (χ4n) is 1.10. The number of ketones is 1. The first-order valence-corrected chi connectivity index (χ1v) is 5.71. The minimum Gasteiger partial charge on any atom is -0.451 e. The van der Waals surface area contributed by atoms with Gasteiger partial charge in [0.2, 0.25) is 0 Å². The van der Waals surface area contributed by atoms with E-state index in [1.807, 2.05) is 0 Å². The van der Waals surface area contributed by atoms with Crippen LogP contribution in [0.15, 0.2) is 34.6 Å². The number of nitrogens with zero attached hydrogens (tertiary/aromatic N) is 1. The lowest BCUT2D eigenvalue weighted by Gasteiger charge is -2.12. The number of allylic oxidation sites excluding steroid dienone is 1. The van der Waals surface area contributed by atoms with Gasteiger partial charge in [0.1, 0.15) is 11.6 Å². The fraction of sp³-hybridized carbons (Fsp3) is 0.250. The molecule has 0 amide bonds. The highest BCUT2D eigenvalue weighted by Gasteiger charge is 2.10. The quantitative estimate of drug-likeness (QED) is 0.632. The summed E-state index contributed by atoms with van der Waals surface area (Å²) < 4.78 is 19.0. The number of carbonyl (C=O) groups is 1. The maximum absolute atomic E-state index is 13.0. The maximum atomic E-state index is 13.0. The number of carbonyl (C=O) groups excluding carboxylic acids is 1. The number of halogens is 2. The second-order valence-corrected chi connectivity index (χ2v) is 4.54. The summed E-state index contributed by atoms with van der Waals surface area (Å²) in [6.45, 7) is 1.39. The highest BCUT2D eigenvalue weighted by Crippen LogP contribution is 2.27. The van der Waals surface area contributed by atoms with Gasteiger partial charge in [-0.05, 0) is 28.1 Å². The molecule has 0 aromatic heterocycles. The summed E-state index contributed by atoms with van der Waals surface area (Å²) in [7, 11) is 3.54. The lowest BCUT2D eigenvalue weighted by Crippen LogP contribution is -2.12. The van der Waals surface area contributed by atoms with E-state index >= 15 is 0 Å². The van der Waals surface area contributed by atoms with E-state index in [0.29, 0.717) is 4.47 Å². The molecule has 0 saturated heterocycles. The molecule has 0 saturated carbocycles. The molecule has 0 fully saturated rings. The summed E-state index contributed by atoms with van der Waals surface area (Å²) in [6, 6.07) is 4.05. The van der Waals surface area contributed by atoms with Crippen molar-refractivity contribution in [3.8, 4) is 5.75 Å². The first-order valence-electron chi connectivity index (χ1n) is 4.92. The van der Waals surface area contributed by atoms with Gasteiger partial charge in [0.05, 0.1) is 4.47 Å². The highest BCUT2D eigenvalue weighted by molar-refractivity contribution is 9.10. The lowest BCUT2D eigenvalue weighted by atomic mass is 10.3. The normalized spacial score (nSPS) is 11.2. The molecule has 1 rings (SSSR count). The molecule has 1 aromatic rings. The lowest BCUT2D eigenvalue weighted by molar-refractivity contribution is -0.115. The number of hydrogen-bond donors (Lipinski definition) is 0. The van der Waals surface area contributed by atoms with Crippen LogP contribution in [-0.2, 0) is 4.79 Å². The third kappa shape index (κ3) is 4.19. The Morgan fingerprint density at radius 2 is 2.12 bits per heavy atom. The molecular formula is C12H13BrFNO2. The molecule has 3 nitrogen and oxygen atoms in total. The number of hydrogen-bond acceptors (Lipinski definition) is 3. The zero-order chi connectivity index (χ0) is 13.0. The van der Waals surface area contributed by atoms with Gasteiger partial charge in [-0.1, -0.05) is 0 Å². The van der Waals surface area contributed by atoms with Crippen molar-refractivity contribution in [1.82, 2.24) is 4.90 Å². The SMILES string of the molecule is CC(=O)C(=CN(C)C)Oc1cc(F)ccc1Br. The Labute approximate surface area is 108 Å². The zero-order valence-electron chi connectivity index (χ0n) is 9.83. The van der Waals surface area contributed by atoms with Gasteiger partial charge in [-0.3, -0.25) is 4.79 Å². The van der Waals surface area contributed by atoms with E-state index in [-0.39, 0.29) is 17.3 Å². The molecule has 92 valence electrons. The van der Waals surface area contributed by atoms with Crippen molar-refractivity contribution >= 4 is 21.7 Å². The van der Waals surface area contributed by atoms with Gasteiger partial charge in [-0.2, -0.15) is 0 Å². The van der Waals surface area contributed by atoms with E-state index in [1.165, 1.54) is 25.1 Å². The first kappa shape index (κ1) is 13.7. The minimum atomic E-state index is -0.420. The van der Waals surface area contributed by atoms with Gasteiger partial charge in [0, 0.05) is 33.3 Å². The monoisotopic (exact) mass is 301 g/mol. The average Bonchev–Trinajstić information content (AvgIpc) is 2.21. The van der Waals surface area contributed by atoms with Crippen molar-refractivity contribution in [1.29, 1.82) is 0 Å². The van der Waals surface area contributed by atoms with Crippen LogP contribution in [0.2, 0.25) is 0 Å². The molecule has 0 spiro atoms. The molecule has 0 aliphatic heterocycles. The topological polar surface area (TPSA) is 29.5 Å². The summed E-state index contributed by atoms with van der Waals surface area (Å²) in [5.74, 6) is -0.222. The second-order valence-electron chi connectivity index (χ2n) is 3.69. The van der Waals surface area contributed by atoms with Crippen LogP contribution in [-0.4, -0.2) is 24.8 Å². The molecule has 0 bridgehead atoms. The smallest absolute Gasteiger partial charge is 0.196 e. The van der Waals surface area contributed by atoms with Crippen LogP contribution in [0.1, 0.15) is 6.92 Å². The average molecular weight is 302 g/mol. The summed E-state index contributed by atoms with van der Waals surface area (Å²) in [5, 5.41) is 0. The first-order chi connectivity index (χ1) is 7.90. The highest BCUT2D eigenvalue weighted by atomic mass is 79.9. The predicted molar refractivity (Wildman–Crippen MR) is 67.2 cm³/mol. The third-order valence-corrected chi connectivity index (χ3v) is 2.49. The van der Waals surface area contributed by atoms with Crippen molar-refractivity contribution < 1.29 is 13.9 Å². The Bertz CT molecular complexity index is 458. The molecule has 0 N–H and O–H groups in total. The van der Waals surface area contributed by atoms with Gasteiger partial charge in [0.25, 0.3) is 0 Å². The Kier molecular flexibility index (Phi) is 4.69. The zero-order valence-corrected chi connectivity index (χ0v) is 11.4. The number of Topliss-reactive ketones (excluding diaryl/α,β-unsaturated/α-hetero) is 1. The molecule has 5 heteroatoms. The van der Waals surface area contributed by atoms with Gasteiger partial charge < -0.3 is 9.64 Å². The van der Waals surface area contributed by atoms with E-state index < -0.39 is 5.82 Å². The molecule has 0 radical (unpaired) electrons. The maximum Gasteiger partial charge on any atom is 0.196 e. The van der Waals surface area contributed by atoms with E-state index in [4.69, 9.17) is 4.74 Å². The standard InChI is InChI=1S/C12H13BrFNO2/c1-8(16)12(7-15(2)3)17-11-6-9(14)4-5-10(11)13/h4-7H,1-3H3. The van der Waals surface area contributed by atoms with Gasteiger partial charge in [-0.15, -0.1) is 0 Å². The summed E-state index contributed by atoms with van der Waals surface area (Å²) in [5.41, 5.74) is 0. The Hall–Kier alpha value is -1.36. The van der Waals surface area contributed by atoms with Crippen LogP contribution < -0.4 is 4.74 Å². The van der Waals surface area contributed by atoms with Crippen molar-refractivity contribution in [3.05, 3.63) is 40.4 Å². The third-order valence-electron chi connectivity index (χ3n) is 1.84. The van der Waals surface area contributed by atoms with E-state index in [2.05, 4.69) is 15.9 Å². The summed E-state index contributed by atoms with van der Waals surface area (Å²) >= 11 is 3.23. The van der Waals surface area contributed by atoms with Crippen LogP contribution in [0.5, 0.6) is 5.75 Å². The summed E-state index contributed by atoms with van der Waals surface area (Å²) in [6.07, 6.45) is 1.54. The second kappa shape index (κ2) is 5.82. The molecule has 0 aliphatic rings. The van der Waals surface area contributed by atoms with Crippen LogP contribution in [0.25, 0.3) is 0 Å². The Morgan fingerprint density at radius 3 is 2.65 bits per heavy atom. The van der Waals surface area contributed by atoms with E-state index in [0.717, 1.165) is 0 Å². The minimum absolute atomic E-state index is 0.154. The van der Waals surface area contributed by atoms with E-state index in [1.54, 1.807) is 25.2 Å². The van der Waals surface area contributed by atoms with Gasteiger partial charge >= 0.3 is 0 Å². The van der Waals surface area contributed by atoms with Crippen LogP contribution in [0.3, 0.4) is 0 Å². The van der Waals surface area contributed by atoms with Crippen LogP contribution in [0.4, 0.5) is 4.39 Å². The molecule has 1 aromatic carbocycles. The molecule has 17 heavy (non-hydrogen) atoms. The van der Waals surface area contributed by atoms with Crippen molar-refractivity contribution in [3.63, 3.8) is 0 Å². The van der Waals surface area contributed by atoms with Crippen molar-refractivity contribution in [2.45, 2.75) is 6.92 Å². The van der Waals surface area contributed by atoms with Gasteiger partial charge in [-0.25, -0.2) is 4.39 Å². The van der Waals surface area contributed by atoms with Gasteiger partial charge in [0.15, 0.2) is 11.5 Å². The fourth-order valence-corrected chi connectivity index (χ4v) is 1.43. The van der Waals surface area contributed by atoms with Crippen LogP contribution in [0, 0.1) is 5.82 Å². The van der Waals surface area contributed by atoms with Crippen LogP contribution >= 0.6 is 15.9 Å². The Balaban J connectivity index is 3.02. The number of rotatable bonds is 4. The van der Waals surface area contributed by atoms with Crippen molar-refractivity contribution in [2.75, 3.05) is 14.1 Å². The molecule has 0 aliphatic carbocycles. The predicted octanol–water partition coefficient (Wildman–Crippen LogP) is 2.96. The Morgan fingerprint density at radius 1 is 1.47 bits per heavy atom. The molecule has 0 atom stereocenters. The number of benzene rings is 1.